The zero-order valence-electron chi connectivity index (χ0n) is 13.7. The Balaban J connectivity index is 2.15. The molecular weight excluding hydrogens is 304 g/mol. The third-order valence-electron chi connectivity index (χ3n) is 3.91. The first kappa shape index (κ1) is 17.7. The summed E-state index contributed by atoms with van der Waals surface area (Å²) in [6.07, 6.45) is 0.941. The Bertz CT molecular complexity index is 652. The number of hydrogen-bond donors (Lipinski definition) is 1. The first-order valence-electron chi connectivity index (χ1n) is 8.14. The van der Waals surface area contributed by atoms with Crippen LogP contribution in [0.15, 0.2) is 60.7 Å². The van der Waals surface area contributed by atoms with Gasteiger partial charge in [0.25, 0.3) is 0 Å². The SMILES string of the molecule is CCCC(OC(=O)c1ccccc1)C(Cc1ccccc1)C(=O)O. The van der Waals surface area contributed by atoms with Gasteiger partial charge < -0.3 is 9.84 Å². The van der Waals surface area contributed by atoms with Crippen LogP contribution in [0.4, 0.5) is 0 Å². The lowest BCUT2D eigenvalue weighted by molar-refractivity contribution is -0.146. The molecule has 4 heteroatoms. The average Bonchev–Trinajstić information content (AvgIpc) is 2.60. The van der Waals surface area contributed by atoms with Crippen LogP contribution < -0.4 is 0 Å². The molecule has 1 N–H and O–H groups in total. The van der Waals surface area contributed by atoms with E-state index in [2.05, 4.69) is 0 Å². The third kappa shape index (κ3) is 4.95. The normalized spacial score (nSPS) is 13.0. The summed E-state index contributed by atoms with van der Waals surface area (Å²) in [7, 11) is 0. The topological polar surface area (TPSA) is 63.6 Å². The van der Waals surface area contributed by atoms with Gasteiger partial charge in [-0.2, -0.15) is 0 Å². The van der Waals surface area contributed by atoms with Crippen LogP contribution in [0.5, 0.6) is 0 Å². The molecule has 2 aromatic carbocycles. The van der Waals surface area contributed by atoms with Crippen LogP contribution in [0.3, 0.4) is 0 Å². The molecule has 2 rings (SSSR count). The van der Waals surface area contributed by atoms with Crippen LogP contribution in [0.2, 0.25) is 0 Å². The van der Waals surface area contributed by atoms with Gasteiger partial charge in [-0.1, -0.05) is 61.9 Å². The van der Waals surface area contributed by atoms with Crippen molar-refractivity contribution in [1.29, 1.82) is 0 Å². The number of esters is 1. The van der Waals surface area contributed by atoms with E-state index in [9.17, 15) is 14.7 Å². The summed E-state index contributed by atoms with van der Waals surface area (Å²) in [6, 6.07) is 18.1. The molecule has 0 bridgehead atoms. The standard InChI is InChI=1S/C20H22O4/c1-2-9-18(24-20(23)16-12-7-4-8-13-16)17(19(21)22)14-15-10-5-3-6-11-15/h3-8,10-13,17-18H,2,9,14H2,1H3,(H,21,22). The van der Waals surface area contributed by atoms with E-state index in [-0.39, 0.29) is 0 Å². The molecule has 0 amide bonds. The number of carbonyl (C=O) groups is 2. The summed E-state index contributed by atoms with van der Waals surface area (Å²) in [5, 5.41) is 9.62. The number of benzene rings is 2. The molecule has 0 heterocycles. The van der Waals surface area contributed by atoms with E-state index in [4.69, 9.17) is 4.74 Å². The van der Waals surface area contributed by atoms with E-state index >= 15 is 0 Å². The summed E-state index contributed by atoms with van der Waals surface area (Å²) < 4.78 is 5.55. The fraction of sp³-hybridized carbons (Fsp3) is 0.300. The summed E-state index contributed by atoms with van der Waals surface area (Å²) in [6.45, 7) is 1.95. The molecule has 2 atom stereocenters. The number of carboxylic acids is 1. The van der Waals surface area contributed by atoms with Gasteiger partial charge in [-0.25, -0.2) is 4.79 Å². The van der Waals surface area contributed by atoms with Crippen molar-refractivity contribution in [1.82, 2.24) is 0 Å². The summed E-state index contributed by atoms with van der Waals surface area (Å²) in [4.78, 5) is 24.0. The number of rotatable bonds is 8. The van der Waals surface area contributed by atoms with Gasteiger partial charge in [0.2, 0.25) is 0 Å². The van der Waals surface area contributed by atoms with Gasteiger partial charge in [-0.15, -0.1) is 0 Å². The molecule has 2 aromatic rings. The number of hydrogen-bond acceptors (Lipinski definition) is 3. The van der Waals surface area contributed by atoms with Crippen LogP contribution in [-0.4, -0.2) is 23.1 Å². The van der Waals surface area contributed by atoms with Crippen molar-refractivity contribution in [2.24, 2.45) is 5.92 Å². The molecule has 4 nitrogen and oxygen atoms in total. The smallest absolute Gasteiger partial charge is 0.338 e. The molecule has 0 aliphatic rings. The fourth-order valence-electron chi connectivity index (χ4n) is 2.65. The van der Waals surface area contributed by atoms with E-state index in [1.807, 2.05) is 43.3 Å². The predicted octanol–water partition coefficient (Wildman–Crippen LogP) is 3.96. The molecule has 0 aliphatic heterocycles. The summed E-state index contributed by atoms with van der Waals surface area (Å²) >= 11 is 0. The minimum absolute atomic E-state index is 0.336. The Morgan fingerprint density at radius 1 is 1.00 bits per heavy atom. The second kappa shape index (κ2) is 8.87. The van der Waals surface area contributed by atoms with Crippen LogP contribution in [0, 0.1) is 5.92 Å². The van der Waals surface area contributed by atoms with Crippen molar-refractivity contribution in [2.45, 2.75) is 32.3 Å². The van der Waals surface area contributed by atoms with Gasteiger partial charge in [0, 0.05) is 0 Å². The molecule has 24 heavy (non-hydrogen) atoms. The zero-order valence-corrected chi connectivity index (χ0v) is 13.7. The minimum atomic E-state index is -0.946. The van der Waals surface area contributed by atoms with Gasteiger partial charge in [0.05, 0.1) is 11.5 Å². The molecule has 2 unspecified atom stereocenters. The molecule has 0 radical (unpaired) electrons. The van der Waals surface area contributed by atoms with Crippen molar-refractivity contribution in [3.05, 3.63) is 71.8 Å². The molecule has 126 valence electrons. The lowest BCUT2D eigenvalue weighted by Crippen LogP contribution is -2.34. The van der Waals surface area contributed by atoms with Gasteiger partial charge in [0.1, 0.15) is 6.10 Å². The fourth-order valence-corrected chi connectivity index (χ4v) is 2.65. The summed E-state index contributed by atoms with van der Waals surface area (Å²) in [5.74, 6) is -2.19. The Morgan fingerprint density at radius 2 is 1.58 bits per heavy atom. The Labute approximate surface area is 142 Å². The van der Waals surface area contributed by atoms with Gasteiger partial charge in [-0.3, -0.25) is 4.79 Å². The highest BCUT2D eigenvalue weighted by Crippen LogP contribution is 2.21. The van der Waals surface area contributed by atoms with E-state index in [1.54, 1.807) is 24.3 Å². The molecule has 0 aromatic heterocycles. The van der Waals surface area contributed by atoms with Crippen molar-refractivity contribution < 1.29 is 19.4 Å². The van der Waals surface area contributed by atoms with E-state index in [0.717, 1.165) is 12.0 Å². The van der Waals surface area contributed by atoms with Crippen LogP contribution in [0.25, 0.3) is 0 Å². The Morgan fingerprint density at radius 3 is 2.12 bits per heavy atom. The van der Waals surface area contributed by atoms with Gasteiger partial charge >= 0.3 is 11.9 Å². The molecule has 0 fully saturated rings. The van der Waals surface area contributed by atoms with Gasteiger partial charge in [-0.05, 0) is 30.5 Å². The van der Waals surface area contributed by atoms with Crippen molar-refractivity contribution in [2.75, 3.05) is 0 Å². The van der Waals surface area contributed by atoms with Crippen LogP contribution in [0.1, 0.15) is 35.7 Å². The first-order chi connectivity index (χ1) is 11.6. The molecule has 0 spiro atoms. The van der Waals surface area contributed by atoms with Crippen molar-refractivity contribution >= 4 is 11.9 Å². The predicted molar refractivity (Wildman–Crippen MR) is 91.8 cm³/mol. The number of aliphatic carboxylic acids is 1. The highest BCUT2D eigenvalue weighted by Gasteiger charge is 2.31. The Kier molecular flexibility index (Phi) is 6.55. The average molecular weight is 326 g/mol. The van der Waals surface area contributed by atoms with Gasteiger partial charge in [0.15, 0.2) is 0 Å². The molecule has 0 saturated heterocycles. The Hall–Kier alpha value is -2.62. The monoisotopic (exact) mass is 326 g/mol. The maximum atomic E-state index is 12.3. The number of carbonyl (C=O) groups excluding carboxylic acids is 1. The van der Waals surface area contributed by atoms with E-state index < -0.39 is 24.0 Å². The quantitative estimate of drug-likeness (QED) is 0.746. The number of carboxylic acid groups (broad SMARTS) is 1. The minimum Gasteiger partial charge on any atom is -0.481 e. The second-order valence-electron chi connectivity index (χ2n) is 5.73. The van der Waals surface area contributed by atoms with E-state index in [0.29, 0.717) is 18.4 Å². The van der Waals surface area contributed by atoms with Crippen LogP contribution >= 0.6 is 0 Å². The first-order valence-corrected chi connectivity index (χ1v) is 8.14. The molecule has 0 saturated carbocycles. The lowest BCUT2D eigenvalue weighted by Gasteiger charge is -2.24. The largest absolute Gasteiger partial charge is 0.481 e. The van der Waals surface area contributed by atoms with E-state index in [1.165, 1.54) is 0 Å². The molecular formula is C20H22O4. The lowest BCUT2D eigenvalue weighted by atomic mass is 9.91. The summed E-state index contributed by atoms with van der Waals surface area (Å²) in [5.41, 5.74) is 1.35. The molecule has 0 aliphatic carbocycles. The maximum absolute atomic E-state index is 12.3. The zero-order chi connectivity index (χ0) is 17.4. The third-order valence-corrected chi connectivity index (χ3v) is 3.91. The van der Waals surface area contributed by atoms with Crippen molar-refractivity contribution in [3.8, 4) is 0 Å². The second-order valence-corrected chi connectivity index (χ2v) is 5.73. The highest BCUT2D eigenvalue weighted by molar-refractivity contribution is 5.89. The number of ether oxygens (including phenoxy) is 1. The highest BCUT2D eigenvalue weighted by atomic mass is 16.5. The van der Waals surface area contributed by atoms with Crippen LogP contribution in [-0.2, 0) is 16.0 Å². The maximum Gasteiger partial charge on any atom is 0.338 e. The van der Waals surface area contributed by atoms with Crippen molar-refractivity contribution in [3.63, 3.8) is 0 Å².